The maximum atomic E-state index is 2.47. The second-order valence-corrected chi connectivity index (χ2v) is 6.54. The molecule has 0 heteroatoms. The van der Waals surface area contributed by atoms with Crippen molar-refractivity contribution in [3.63, 3.8) is 0 Å². The maximum Gasteiger partial charge on any atom is -0.0149 e. The zero-order valence-corrected chi connectivity index (χ0v) is 13.6. The molecule has 2 aromatic carbocycles. The van der Waals surface area contributed by atoms with Crippen molar-refractivity contribution in [1.29, 1.82) is 0 Å². The molecule has 0 radical (unpaired) electrons. The van der Waals surface area contributed by atoms with Gasteiger partial charge in [0.2, 0.25) is 0 Å². The quantitative estimate of drug-likeness (QED) is 0.669. The summed E-state index contributed by atoms with van der Waals surface area (Å²) in [6.45, 7) is 6.81. The van der Waals surface area contributed by atoms with Crippen LogP contribution in [0.3, 0.4) is 0 Å². The van der Waals surface area contributed by atoms with Gasteiger partial charge < -0.3 is 0 Å². The summed E-state index contributed by atoms with van der Waals surface area (Å²) in [5, 5.41) is 0. The highest BCUT2D eigenvalue weighted by molar-refractivity contribution is 5.73. The monoisotopic (exact) mass is 278 g/mol. The zero-order valence-electron chi connectivity index (χ0n) is 13.6. The molecule has 0 aromatic heterocycles. The molecule has 3 rings (SSSR count). The molecule has 1 aliphatic rings. The highest BCUT2D eigenvalue weighted by Crippen LogP contribution is 2.35. The molecule has 0 bridgehead atoms. The van der Waals surface area contributed by atoms with Crippen LogP contribution in [0.15, 0.2) is 36.4 Å². The summed E-state index contributed by atoms with van der Waals surface area (Å²) in [7, 11) is 0. The molecule has 0 heterocycles. The minimum atomic E-state index is 0.835. The summed E-state index contributed by atoms with van der Waals surface area (Å²) in [4.78, 5) is 0. The van der Waals surface area contributed by atoms with E-state index in [2.05, 4.69) is 57.2 Å². The fourth-order valence-electron chi connectivity index (χ4n) is 3.62. The Hall–Kier alpha value is -1.56. The van der Waals surface area contributed by atoms with Crippen molar-refractivity contribution in [2.45, 2.75) is 52.9 Å². The van der Waals surface area contributed by atoms with Crippen LogP contribution in [-0.4, -0.2) is 0 Å². The van der Waals surface area contributed by atoms with E-state index in [0.29, 0.717) is 0 Å². The fraction of sp³-hybridized carbons (Fsp3) is 0.429. The highest BCUT2D eigenvalue weighted by Gasteiger charge is 2.16. The van der Waals surface area contributed by atoms with E-state index in [1.807, 2.05) is 0 Å². The molecule has 0 saturated heterocycles. The van der Waals surface area contributed by atoms with E-state index in [9.17, 15) is 0 Å². The summed E-state index contributed by atoms with van der Waals surface area (Å²) < 4.78 is 0. The summed E-state index contributed by atoms with van der Waals surface area (Å²) in [5.41, 5.74) is 8.89. The van der Waals surface area contributed by atoms with Crippen molar-refractivity contribution in [2.75, 3.05) is 0 Å². The maximum absolute atomic E-state index is 2.47. The van der Waals surface area contributed by atoms with Crippen LogP contribution in [-0.2, 0) is 19.3 Å². The molecule has 0 saturated carbocycles. The Morgan fingerprint density at radius 3 is 2.14 bits per heavy atom. The Labute approximate surface area is 129 Å². The number of fused-ring (bicyclic) bond motifs is 3. The van der Waals surface area contributed by atoms with Crippen molar-refractivity contribution in [2.24, 2.45) is 5.92 Å². The second-order valence-electron chi connectivity index (χ2n) is 6.54. The minimum absolute atomic E-state index is 0.835. The Kier molecular flexibility index (Phi) is 4.14. The predicted molar refractivity (Wildman–Crippen MR) is 91.8 cm³/mol. The standard InChI is InChI=1S/C21H26/c1-4-16(5-2)13-17-7-11-21-19(14-17)9-8-18-12-15(3)6-10-20(18)21/h6-7,10-12,14,16H,4-5,8-9,13H2,1-3H3. The van der Waals surface area contributed by atoms with Crippen LogP contribution in [0.1, 0.15) is 48.9 Å². The van der Waals surface area contributed by atoms with Crippen LogP contribution in [0.2, 0.25) is 0 Å². The van der Waals surface area contributed by atoms with Crippen LogP contribution >= 0.6 is 0 Å². The lowest BCUT2D eigenvalue weighted by Gasteiger charge is -2.22. The van der Waals surface area contributed by atoms with Crippen LogP contribution in [0.25, 0.3) is 11.1 Å². The normalized spacial score (nSPS) is 13.1. The Balaban J connectivity index is 1.93. The summed E-state index contributed by atoms with van der Waals surface area (Å²) in [5.74, 6) is 0.835. The first-order valence-corrected chi connectivity index (χ1v) is 8.43. The summed E-state index contributed by atoms with van der Waals surface area (Å²) in [6.07, 6.45) is 6.20. The number of benzene rings is 2. The third kappa shape index (κ3) is 2.90. The molecule has 0 unspecified atom stereocenters. The van der Waals surface area contributed by atoms with E-state index in [0.717, 1.165) is 5.92 Å². The van der Waals surface area contributed by atoms with Gasteiger partial charge in [0.05, 0.1) is 0 Å². The lowest BCUT2D eigenvalue weighted by atomic mass is 9.83. The number of hydrogen-bond acceptors (Lipinski definition) is 0. The van der Waals surface area contributed by atoms with E-state index in [1.54, 1.807) is 5.56 Å². The first kappa shape index (κ1) is 14.4. The highest BCUT2D eigenvalue weighted by atomic mass is 14.2. The third-order valence-corrected chi connectivity index (χ3v) is 5.06. The van der Waals surface area contributed by atoms with Gasteiger partial charge in [-0.25, -0.2) is 0 Å². The lowest BCUT2D eigenvalue weighted by molar-refractivity contribution is 0.490. The van der Waals surface area contributed by atoms with E-state index < -0.39 is 0 Å². The van der Waals surface area contributed by atoms with E-state index in [-0.39, 0.29) is 0 Å². The Morgan fingerprint density at radius 2 is 1.48 bits per heavy atom. The minimum Gasteiger partial charge on any atom is -0.0651 e. The molecule has 0 spiro atoms. The zero-order chi connectivity index (χ0) is 14.8. The van der Waals surface area contributed by atoms with Crippen molar-refractivity contribution in [3.05, 3.63) is 58.7 Å². The van der Waals surface area contributed by atoms with Gasteiger partial charge in [-0.05, 0) is 59.9 Å². The van der Waals surface area contributed by atoms with Gasteiger partial charge in [-0.15, -0.1) is 0 Å². The van der Waals surface area contributed by atoms with Crippen molar-refractivity contribution >= 4 is 0 Å². The van der Waals surface area contributed by atoms with Gasteiger partial charge in [0.15, 0.2) is 0 Å². The number of rotatable bonds is 4. The Bertz CT molecular complexity index is 632. The third-order valence-electron chi connectivity index (χ3n) is 5.06. The van der Waals surface area contributed by atoms with Crippen LogP contribution in [0.5, 0.6) is 0 Å². The summed E-state index contributed by atoms with van der Waals surface area (Å²) >= 11 is 0. The number of hydrogen-bond donors (Lipinski definition) is 0. The first-order chi connectivity index (χ1) is 10.2. The molecule has 0 N–H and O–H groups in total. The van der Waals surface area contributed by atoms with Gasteiger partial charge >= 0.3 is 0 Å². The van der Waals surface area contributed by atoms with Crippen LogP contribution in [0, 0.1) is 12.8 Å². The molecular formula is C21H26. The second kappa shape index (κ2) is 6.05. The number of aryl methyl sites for hydroxylation is 3. The topological polar surface area (TPSA) is 0 Å². The van der Waals surface area contributed by atoms with E-state index >= 15 is 0 Å². The molecule has 0 fully saturated rings. The molecule has 0 nitrogen and oxygen atoms in total. The molecule has 1 aliphatic carbocycles. The van der Waals surface area contributed by atoms with Gasteiger partial charge in [0, 0.05) is 0 Å². The molecule has 0 aliphatic heterocycles. The SMILES string of the molecule is CCC(CC)Cc1ccc2c(c1)CCc1cc(C)ccc1-2. The van der Waals surface area contributed by atoms with Crippen LogP contribution in [0.4, 0.5) is 0 Å². The summed E-state index contributed by atoms with van der Waals surface area (Å²) in [6, 6.07) is 14.1. The molecule has 0 atom stereocenters. The van der Waals surface area contributed by atoms with Crippen LogP contribution < -0.4 is 0 Å². The average Bonchev–Trinajstić information content (AvgIpc) is 2.51. The largest absolute Gasteiger partial charge is 0.0651 e. The van der Waals surface area contributed by atoms with Gasteiger partial charge in [-0.1, -0.05) is 68.7 Å². The predicted octanol–water partition coefficient (Wildman–Crippen LogP) is 5.74. The molecule has 21 heavy (non-hydrogen) atoms. The van der Waals surface area contributed by atoms with Crippen molar-refractivity contribution in [1.82, 2.24) is 0 Å². The van der Waals surface area contributed by atoms with Gasteiger partial charge in [-0.3, -0.25) is 0 Å². The van der Waals surface area contributed by atoms with Gasteiger partial charge in [-0.2, -0.15) is 0 Å². The molecular weight excluding hydrogens is 252 g/mol. The first-order valence-electron chi connectivity index (χ1n) is 8.43. The fourth-order valence-corrected chi connectivity index (χ4v) is 3.62. The van der Waals surface area contributed by atoms with E-state index in [1.165, 1.54) is 59.9 Å². The van der Waals surface area contributed by atoms with Gasteiger partial charge in [0.25, 0.3) is 0 Å². The average molecular weight is 278 g/mol. The van der Waals surface area contributed by atoms with Crippen molar-refractivity contribution in [3.8, 4) is 11.1 Å². The lowest BCUT2D eigenvalue weighted by Crippen LogP contribution is -2.07. The smallest absolute Gasteiger partial charge is 0.0149 e. The van der Waals surface area contributed by atoms with Gasteiger partial charge in [0.1, 0.15) is 0 Å². The van der Waals surface area contributed by atoms with Crippen molar-refractivity contribution < 1.29 is 0 Å². The molecule has 0 amide bonds. The van der Waals surface area contributed by atoms with E-state index in [4.69, 9.17) is 0 Å². The molecule has 2 aromatic rings. The Morgan fingerprint density at radius 1 is 0.857 bits per heavy atom. The molecule has 110 valence electrons.